The molecule has 0 atom stereocenters. The molecule has 182 valence electrons. The molecule has 1 fully saturated rings. The first-order valence-corrected chi connectivity index (χ1v) is 13.5. The van der Waals surface area contributed by atoms with Crippen molar-refractivity contribution < 1.29 is 18.1 Å². The largest absolute Gasteiger partial charge is 0.370 e. The van der Waals surface area contributed by atoms with Crippen LogP contribution in [0, 0.1) is 4.77 Å². The molecule has 4 rings (SSSR count). The summed E-state index contributed by atoms with van der Waals surface area (Å²) in [5.41, 5.74) is 1.83. The first-order valence-electron chi connectivity index (χ1n) is 11.7. The summed E-state index contributed by atoms with van der Waals surface area (Å²) in [6.07, 6.45) is 0. The number of hydrogen-bond donors (Lipinski definition) is 1. The quantitative estimate of drug-likeness (QED) is 0.454. The van der Waals surface area contributed by atoms with Crippen LogP contribution >= 0.6 is 12.2 Å². The van der Waals surface area contributed by atoms with Crippen LogP contribution in [0.5, 0.6) is 0 Å². The van der Waals surface area contributed by atoms with Crippen molar-refractivity contribution in [2.24, 2.45) is 0 Å². The van der Waals surface area contributed by atoms with Gasteiger partial charge in [0.2, 0.25) is 14.8 Å². The van der Waals surface area contributed by atoms with E-state index in [1.54, 1.807) is 18.2 Å². The van der Waals surface area contributed by atoms with Crippen LogP contribution in [-0.2, 0) is 28.0 Å². The average molecular weight is 503 g/mol. The highest BCUT2D eigenvalue weighted by Gasteiger charge is 2.24. The van der Waals surface area contributed by atoms with Crippen LogP contribution in [0.2, 0.25) is 0 Å². The Morgan fingerprint density at radius 3 is 2.44 bits per heavy atom. The number of quaternary nitrogens is 1. The molecule has 1 N–H and O–H groups in total. The van der Waals surface area contributed by atoms with E-state index in [2.05, 4.69) is 12.1 Å². The fraction of sp³-hybridized carbons (Fsp3) is 0.417. The summed E-state index contributed by atoms with van der Waals surface area (Å²) in [5.74, 6) is 0.665. The molecule has 0 saturated carbocycles. The summed E-state index contributed by atoms with van der Waals surface area (Å²) < 4.78 is 37.7. The highest BCUT2D eigenvalue weighted by atomic mass is 32.2. The van der Waals surface area contributed by atoms with Crippen molar-refractivity contribution in [3.8, 4) is 11.4 Å². The van der Waals surface area contributed by atoms with Gasteiger partial charge in [0.1, 0.15) is 13.1 Å². The van der Waals surface area contributed by atoms with E-state index in [9.17, 15) is 8.42 Å². The third-order valence-corrected chi connectivity index (χ3v) is 8.59. The maximum atomic E-state index is 13.1. The van der Waals surface area contributed by atoms with Crippen LogP contribution in [0.1, 0.15) is 19.4 Å². The third-order valence-electron chi connectivity index (χ3n) is 6.12. The second kappa shape index (κ2) is 10.9. The van der Waals surface area contributed by atoms with Crippen molar-refractivity contribution in [1.29, 1.82) is 0 Å². The maximum absolute atomic E-state index is 13.1. The zero-order valence-corrected chi connectivity index (χ0v) is 21.3. The zero-order valence-electron chi connectivity index (χ0n) is 19.7. The lowest BCUT2D eigenvalue weighted by Gasteiger charge is -2.23. The SMILES string of the molecule is CCN(CC)S(=O)(=O)c1cccc(-c2nn(C[NH+]3CCOCC3)c(=S)n2Cc2ccccc2)c1. The van der Waals surface area contributed by atoms with Gasteiger partial charge in [-0.3, -0.25) is 4.57 Å². The van der Waals surface area contributed by atoms with E-state index in [0.29, 0.717) is 36.9 Å². The van der Waals surface area contributed by atoms with Crippen molar-refractivity contribution in [1.82, 2.24) is 18.7 Å². The number of nitrogens with zero attached hydrogens (tertiary/aromatic N) is 4. The van der Waals surface area contributed by atoms with E-state index in [4.69, 9.17) is 22.1 Å². The van der Waals surface area contributed by atoms with Gasteiger partial charge in [-0.1, -0.05) is 56.3 Å². The predicted octanol–water partition coefficient (Wildman–Crippen LogP) is 2.03. The molecule has 8 nitrogen and oxygen atoms in total. The molecule has 0 radical (unpaired) electrons. The summed E-state index contributed by atoms with van der Waals surface area (Å²) in [6.45, 7) is 9.00. The van der Waals surface area contributed by atoms with E-state index in [-0.39, 0.29) is 4.90 Å². The summed E-state index contributed by atoms with van der Waals surface area (Å²) >= 11 is 5.86. The van der Waals surface area contributed by atoms with Gasteiger partial charge in [0.05, 0.1) is 24.7 Å². The van der Waals surface area contributed by atoms with E-state index in [1.165, 1.54) is 9.21 Å². The molecule has 0 spiro atoms. The van der Waals surface area contributed by atoms with Crippen LogP contribution in [0.4, 0.5) is 0 Å². The second-order valence-corrected chi connectivity index (χ2v) is 10.6. The summed E-state index contributed by atoms with van der Waals surface area (Å²) in [5, 5.41) is 4.88. The number of benzene rings is 2. The maximum Gasteiger partial charge on any atom is 0.243 e. The summed E-state index contributed by atoms with van der Waals surface area (Å²) in [4.78, 5) is 1.62. The van der Waals surface area contributed by atoms with Gasteiger partial charge in [-0.05, 0) is 29.9 Å². The van der Waals surface area contributed by atoms with E-state index < -0.39 is 10.0 Å². The molecule has 0 bridgehead atoms. The summed E-state index contributed by atoms with van der Waals surface area (Å²) in [6, 6.07) is 17.1. The van der Waals surface area contributed by atoms with Crippen molar-refractivity contribution >= 4 is 22.2 Å². The van der Waals surface area contributed by atoms with Crippen LogP contribution in [0.3, 0.4) is 0 Å². The van der Waals surface area contributed by atoms with Gasteiger partial charge < -0.3 is 9.64 Å². The lowest BCUT2D eigenvalue weighted by atomic mass is 10.2. The Hall–Kier alpha value is -2.37. The highest BCUT2D eigenvalue weighted by Crippen LogP contribution is 2.24. The number of morpholine rings is 1. The Kier molecular flexibility index (Phi) is 7.95. The molecule has 3 aromatic rings. The zero-order chi connectivity index (χ0) is 24.1. The molecule has 2 heterocycles. The highest BCUT2D eigenvalue weighted by molar-refractivity contribution is 7.89. The standard InChI is InChI=1S/C24H31N5O3S2/c1-3-27(4-2)34(30,31)22-12-8-11-21(17-22)23-25-29(19-26-13-15-32-16-14-26)24(33)28(23)18-20-9-6-5-7-10-20/h5-12,17H,3-4,13-16,18-19H2,1-2H3/p+1. The monoisotopic (exact) mass is 502 g/mol. The van der Waals surface area contributed by atoms with Gasteiger partial charge >= 0.3 is 0 Å². The van der Waals surface area contributed by atoms with E-state index in [0.717, 1.165) is 37.4 Å². The van der Waals surface area contributed by atoms with Crippen LogP contribution in [-0.4, -0.2) is 66.5 Å². The minimum atomic E-state index is -3.58. The molecular formula is C24H32N5O3S2+. The Morgan fingerprint density at radius 2 is 1.76 bits per heavy atom. The Morgan fingerprint density at radius 1 is 1.06 bits per heavy atom. The number of sulfonamides is 1. The topological polar surface area (TPSA) is 73.8 Å². The van der Waals surface area contributed by atoms with Gasteiger partial charge in [-0.25, -0.2) is 8.42 Å². The first-order chi connectivity index (χ1) is 16.4. The Labute approximate surface area is 206 Å². The minimum absolute atomic E-state index is 0.263. The number of ether oxygens (including phenoxy) is 1. The van der Waals surface area contributed by atoms with Crippen molar-refractivity contribution in [2.45, 2.75) is 32.0 Å². The van der Waals surface area contributed by atoms with Gasteiger partial charge in [-0.2, -0.15) is 8.99 Å². The number of nitrogens with one attached hydrogen (secondary N) is 1. The van der Waals surface area contributed by atoms with E-state index in [1.807, 2.05) is 47.4 Å². The van der Waals surface area contributed by atoms with Crippen molar-refractivity contribution in [2.75, 3.05) is 39.4 Å². The molecule has 1 aliphatic rings. The smallest absolute Gasteiger partial charge is 0.243 e. The normalized spacial score (nSPS) is 15.1. The van der Waals surface area contributed by atoms with Crippen molar-refractivity contribution in [3.05, 3.63) is 64.9 Å². The van der Waals surface area contributed by atoms with Gasteiger partial charge in [-0.15, -0.1) is 5.10 Å². The Bertz CT molecular complexity index is 1260. The molecule has 34 heavy (non-hydrogen) atoms. The molecule has 10 heteroatoms. The van der Waals surface area contributed by atoms with Gasteiger partial charge in [0.15, 0.2) is 12.5 Å². The number of rotatable bonds is 9. The molecule has 1 saturated heterocycles. The average Bonchev–Trinajstić information content (AvgIpc) is 3.16. The predicted molar refractivity (Wildman–Crippen MR) is 134 cm³/mol. The molecule has 2 aromatic carbocycles. The molecule has 0 aliphatic carbocycles. The van der Waals surface area contributed by atoms with Gasteiger partial charge in [0, 0.05) is 18.7 Å². The molecule has 0 amide bonds. The molecule has 1 aliphatic heterocycles. The van der Waals surface area contributed by atoms with Crippen molar-refractivity contribution in [3.63, 3.8) is 0 Å². The van der Waals surface area contributed by atoms with Gasteiger partial charge in [0.25, 0.3) is 0 Å². The lowest BCUT2D eigenvalue weighted by Crippen LogP contribution is -3.13. The molecule has 0 unspecified atom stereocenters. The summed E-state index contributed by atoms with van der Waals surface area (Å²) in [7, 11) is -3.58. The lowest BCUT2D eigenvalue weighted by molar-refractivity contribution is -0.930. The first kappa shape index (κ1) is 24.7. The van der Waals surface area contributed by atoms with E-state index >= 15 is 0 Å². The molecule has 1 aromatic heterocycles. The third kappa shape index (κ3) is 5.31. The second-order valence-electron chi connectivity index (χ2n) is 8.32. The minimum Gasteiger partial charge on any atom is -0.370 e. The fourth-order valence-electron chi connectivity index (χ4n) is 4.20. The number of aromatic nitrogens is 3. The fourth-order valence-corrected chi connectivity index (χ4v) is 5.97. The van der Waals surface area contributed by atoms with Crippen LogP contribution in [0.15, 0.2) is 59.5 Å². The molecular weight excluding hydrogens is 470 g/mol. The Balaban J connectivity index is 1.77. The van der Waals surface area contributed by atoms with Crippen LogP contribution in [0.25, 0.3) is 11.4 Å². The van der Waals surface area contributed by atoms with Crippen LogP contribution < -0.4 is 4.90 Å². The number of hydrogen-bond acceptors (Lipinski definition) is 5.